The van der Waals surface area contributed by atoms with Gasteiger partial charge in [-0.15, -0.1) is 0 Å². The number of benzene rings is 1. The van der Waals surface area contributed by atoms with Gasteiger partial charge < -0.3 is 19.5 Å². The fraction of sp³-hybridized carbons (Fsp3) is 0.632. The molecule has 2 fully saturated rings. The molecule has 24 heavy (non-hydrogen) atoms. The van der Waals surface area contributed by atoms with Gasteiger partial charge in [0.25, 0.3) is 0 Å². The van der Waals surface area contributed by atoms with Gasteiger partial charge in [-0.1, -0.05) is 25.0 Å². The summed E-state index contributed by atoms with van der Waals surface area (Å²) >= 11 is 0. The Bertz CT molecular complexity index is 573. The molecule has 1 amide bonds. The molecule has 3 atom stereocenters. The molecule has 1 saturated heterocycles. The average molecular weight is 333 g/mol. The number of nitrogens with zero attached hydrogens (tertiary/aromatic N) is 1. The molecule has 3 rings (SSSR count). The number of ether oxygens (including phenoxy) is 2. The molecular weight excluding hydrogens is 306 g/mol. The third-order valence-corrected chi connectivity index (χ3v) is 5.53. The third kappa shape index (κ3) is 3.09. The fourth-order valence-electron chi connectivity index (χ4n) is 4.31. The van der Waals surface area contributed by atoms with Gasteiger partial charge in [-0.3, -0.25) is 0 Å². The summed E-state index contributed by atoms with van der Waals surface area (Å²) in [6.07, 6.45) is 4.25. The van der Waals surface area contributed by atoms with Gasteiger partial charge in [0.2, 0.25) is 0 Å². The first kappa shape index (κ1) is 17.1. The number of fused-ring (bicyclic) bond motifs is 1. The van der Waals surface area contributed by atoms with Crippen molar-refractivity contribution in [1.82, 2.24) is 4.90 Å². The molecule has 1 aliphatic carbocycles. The number of carbonyl (C=O) groups excluding carboxylic acids is 1. The maximum absolute atomic E-state index is 12.5. The number of methoxy groups -OCH3 is 1. The normalized spacial score (nSPS) is 29.7. The van der Waals surface area contributed by atoms with E-state index in [-0.39, 0.29) is 18.1 Å². The summed E-state index contributed by atoms with van der Waals surface area (Å²) in [5.74, 6) is 0.842. The zero-order valence-corrected chi connectivity index (χ0v) is 14.5. The van der Waals surface area contributed by atoms with Crippen molar-refractivity contribution >= 4 is 6.09 Å². The number of piperidine rings is 1. The third-order valence-electron chi connectivity index (χ3n) is 5.53. The second kappa shape index (κ2) is 7.01. The number of amides is 1. The van der Waals surface area contributed by atoms with Gasteiger partial charge in [-0.2, -0.15) is 0 Å². The van der Waals surface area contributed by atoms with Crippen LogP contribution in [0.25, 0.3) is 0 Å². The van der Waals surface area contributed by atoms with Crippen molar-refractivity contribution in [3.05, 3.63) is 29.8 Å². The molecule has 132 valence electrons. The van der Waals surface area contributed by atoms with Crippen LogP contribution < -0.4 is 4.74 Å². The number of hydrogen-bond acceptors (Lipinski definition) is 4. The molecule has 5 nitrogen and oxygen atoms in total. The maximum Gasteiger partial charge on any atom is 0.410 e. The highest BCUT2D eigenvalue weighted by molar-refractivity contribution is 5.68. The minimum Gasteiger partial charge on any atom is -0.497 e. The molecular formula is C19H27NO4. The smallest absolute Gasteiger partial charge is 0.410 e. The molecule has 2 aliphatic rings. The van der Waals surface area contributed by atoms with E-state index in [1.54, 1.807) is 12.0 Å². The predicted octanol–water partition coefficient (Wildman–Crippen LogP) is 3.52. The van der Waals surface area contributed by atoms with Crippen LogP contribution in [0.3, 0.4) is 0 Å². The summed E-state index contributed by atoms with van der Waals surface area (Å²) in [6, 6.07) is 7.67. The van der Waals surface area contributed by atoms with E-state index in [2.05, 4.69) is 0 Å². The number of hydrogen-bond donors (Lipinski definition) is 1. The molecule has 0 radical (unpaired) electrons. The molecule has 5 heteroatoms. The quantitative estimate of drug-likeness (QED) is 0.919. The van der Waals surface area contributed by atoms with Crippen molar-refractivity contribution in [3.63, 3.8) is 0 Å². The summed E-state index contributed by atoms with van der Waals surface area (Å²) in [7, 11) is 1.64. The van der Waals surface area contributed by atoms with Gasteiger partial charge in [-0.05, 0) is 43.9 Å². The van der Waals surface area contributed by atoms with E-state index in [9.17, 15) is 9.90 Å². The van der Waals surface area contributed by atoms with Crippen molar-refractivity contribution in [3.8, 4) is 5.75 Å². The number of carbonyl (C=O) groups is 1. The lowest BCUT2D eigenvalue weighted by molar-refractivity contribution is -0.118. The number of aliphatic hydroxyl groups is 1. The van der Waals surface area contributed by atoms with Crippen LogP contribution in [0, 0.1) is 5.92 Å². The Morgan fingerprint density at radius 3 is 2.71 bits per heavy atom. The molecule has 1 aromatic carbocycles. The molecule has 0 bridgehead atoms. The Hall–Kier alpha value is -1.75. The summed E-state index contributed by atoms with van der Waals surface area (Å²) in [4.78, 5) is 14.3. The fourth-order valence-corrected chi connectivity index (χ4v) is 4.31. The first-order valence-corrected chi connectivity index (χ1v) is 8.89. The lowest BCUT2D eigenvalue weighted by Crippen LogP contribution is -2.56. The van der Waals surface area contributed by atoms with Crippen molar-refractivity contribution in [2.75, 3.05) is 20.3 Å². The minimum atomic E-state index is -0.675. The van der Waals surface area contributed by atoms with Gasteiger partial charge in [-0.25, -0.2) is 4.79 Å². The molecule has 0 aromatic heterocycles. The van der Waals surface area contributed by atoms with Crippen LogP contribution in [-0.4, -0.2) is 42.0 Å². The number of rotatable bonds is 3. The van der Waals surface area contributed by atoms with Gasteiger partial charge in [0.1, 0.15) is 5.75 Å². The Balaban J connectivity index is 1.96. The van der Waals surface area contributed by atoms with Crippen LogP contribution in [0.15, 0.2) is 24.3 Å². The van der Waals surface area contributed by atoms with Gasteiger partial charge in [0.15, 0.2) is 0 Å². The standard InChI is InChI=1S/C19H27NO4/c1-3-24-18(21)20-13-12-19(22)11-5-4-6-16(19)17(20)14-7-9-15(23-2)10-8-14/h7-10,16-17,22H,3-6,11-13H2,1-2H3/t16-,17+,19-/m1/s1. The Labute approximate surface area is 143 Å². The van der Waals surface area contributed by atoms with Crippen LogP contribution in [0.5, 0.6) is 5.75 Å². The molecule has 1 saturated carbocycles. The van der Waals surface area contributed by atoms with Crippen LogP contribution in [0.2, 0.25) is 0 Å². The SMILES string of the molecule is CCOC(=O)N1CC[C@]2(O)CCCC[C@@H]2[C@@H]1c1ccc(OC)cc1. The van der Waals surface area contributed by atoms with Gasteiger partial charge in [0, 0.05) is 12.5 Å². The van der Waals surface area contributed by atoms with E-state index in [1.807, 2.05) is 31.2 Å². The summed E-state index contributed by atoms with van der Waals surface area (Å²) in [5.41, 5.74) is 0.361. The highest BCUT2D eigenvalue weighted by Gasteiger charge is 2.50. The summed E-state index contributed by atoms with van der Waals surface area (Å²) in [5, 5.41) is 11.1. The lowest BCUT2D eigenvalue weighted by Gasteiger charge is -2.52. The summed E-state index contributed by atoms with van der Waals surface area (Å²) < 4.78 is 10.5. The van der Waals surface area contributed by atoms with E-state index >= 15 is 0 Å². The topological polar surface area (TPSA) is 59.0 Å². The molecule has 1 heterocycles. The average Bonchev–Trinajstić information content (AvgIpc) is 2.60. The zero-order valence-electron chi connectivity index (χ0n) is 14.5. The van der Waals surface area contributed by atoms with Crippen LogP contribution in [-0.2, 0) is 4.74 Å². The van der Waals surface area contributed by atoms with Gasteiger partial charge in [0.05, 0.1) is 25.4 Å². The first-order chi connectivity index (χ1) is 11.6. The second-order valence-corrected chi connectivity index (χ2v) is 6.82. The minimum absolute atomic E-state index is 0.0535. The molecule has 1 aromatic rings. The number of likely N-dealkylation sites (tertiary alicyclic amines) is 1. The van der Waals surface area contributed by atoms with Crippen molar-refractivity contribution in [1.29, 1.82) is 0 Å². The van der Waals surface area contributed by atoms with E-state index in [0.29, 0.717) is 19.6 Å². The van der Waals surface area contributed by atoms with Crippen molar-refractivity contribution < 1.29 is 19.4 Å². The van der Waals surface area contributed by atoms with Gasteiger partial charge >= 0.3 is 6.09 Å². The Morgan fingerprint density at radius 2 is 2.04 bits per heavy atom. The molecule has 0 unspecified atom stereocenters. The first-order valence-electron chi connectivity index (χ1n) is 8.89. The Morgan fingerprint density at radius 1 is 1.29 bits per heavy atom. The highest BCUT2D eigenvalue weighted by atomic mass is 16.6. The van der Waals surface area contributed by atoms with E-state index < -0.39 is 5.60 Å². The Kier molecular flexibility index (Phi) is 4.99. The van der Waals surface area contributed by atoms with Crippen LogP contribution in [0.4, 0.5) is 4.79 Å². The highest BCUT2D eigenvalue weighted by Crippen LogP contribution is 2.49. The molecule has 0 spiro atoms. The van der Waals surface area contributed by atoms with Crippen LogP contribution in [0.1, 0.15) is 50.6 Å². The largest absolute Gasteiger partial charge is 0.497 e. The zero-order chi connectivity index (χ0) is 17.2. The van der Waals surface area contributed by atoms with E-state index in [4.69, 9.17) is 9.47 Å². The molecule has 1 N–H and O–H groups in total. The van der Waals surface area contributed by atoms with Crippen molar-refractivity contribution in [2.45, 2.75) is 50.7 Å². The lowest BCUT2D eigenvalue weighted by atomic mass is 9.66. The van der Waals surface area contributed by atoms with E-state index in [1.165, 1.54) is 0 Å². The second-order valence-electron chi connectivity index (χ2n) is 6.82. The summed E-state index contributed by atoms with van der Waals surface area (Å²) in [6.45, 7) is 2.71. The predicted molar refractivity (Wildman–Crippen MR) is 91.0 cm³/mol. The van der Waals surface area contributed by atoms with E-state index in [0.717, 1.165) is 37.0 Å². The monoisotopic (exact) mass is 333 g/mol. The van der Waals surface area contributed by atoms with Crippen molar-refractivity contribution in [2.24, 2.45) is 5.92 Å². The van der Waals surface area contributed by atoms with Crippen LogP contribution >= 0.6 is 0 Å². The maximum atomic E-state index is 12.5. The molecule has 1 aliphatic heterocycles.